The maximum absolute atomic E-state index is 13.3. The number of ether oxygens (including phenoxy) is 1. The normalized spacial score (nSPS) is 19.8. The molecule has 104 valence electrons. The maximum Gasteiger partial charge on any atom is 0.408 e. The zero-order valence-corrected chi connectivity index (χ0v) is 11.5. The first-order chi connectivity index (χ1) is 8.00. The summed E-state index contributed by atoms with van der Waals surface area (Å²) in [5.41, 5.74) is -1.91. The van der Waals surface area contributed by atoms with E-state index in [1.165, 1.54) is 11.8 Å². The SMILES string of the molecule is C[C@H](NC(=O)OC(C)(C)C)C(=O)N1CC(C)(F)C1. The summed E-state index contributed by atoms with van der Waals surface area (Å²) in [6.45, 7) is 8.37. The van der Waals surface area contributed by atoms with Gasteiger partial charge in [0.15, 0.2) is 0 Å². The molecule has 1 fully saturated rings. The maximum atomic E-state index is 13.3. The van der Waals surface area contributed by atoms with Gasteiger partial charge in [-0.15, -0.1) is 0 Å². The Kier molecular flexibility index (Phi) is 3.88. The van der Waals surface area contributed by atoms with Crippen molar-refractivity contribution in [1.82, 2.24) is 10.2 Å². The topological polar surface area (TPSA) is 58.6 Å². The van der Waals surface area contributed by atoms with Crippen LogP contribution in [0.2, 0.25) is 0 Å². The summed E-state index contributed by atoms with van der Waals surface area (Å²) in [6.07, 6.45) is -0.646. The monoisotopic (exact) mass is 260 g/mol. The molecule has 0 radical (unpaired) electrons. The second-order valence-electron chi connectivity index (χ2n) is 5.98. The van der Waals surface area contributed by atoms with Crippen LogP contribution in [-0.4, -0.2) is 47.3 Å². The van der Waals surface area contributed by atoms with Gasteiger partial charge in [-0.3, -0.25) is 4.79 Å². The predicted octanol–water partition coefficient (Wildman–Crippen LogP) is 1.47. The van der Waals surface area contributed by atoms with Crippen LogP contribution < -0.4 is 5.32 Å². The predicted molar refractivity (Wildman–Crippen MR) is 64.9 cm³/mol. The minimum atomic E-state index is -1.30. The Hall–Kier alpha value is -1.33. The van der Waals surface area contributed by atoms with E-state index in [9.17, 15) is 14.0 Å². The van der Waals surface area contributed by atoms with E-state index >= 15 is 0 Å². The van der Waals surface area contributed by atoms with Crippen LogP contribution in [0.25, 0.3) is 0 Å². The number of carbonyl (C=O) groups is 2. The lowest BCUT2D eigenvalue weighted by molar-refractivity contribution is -0.145. The van der Waals surface area contributed by atoms with Crippen molar-refractivity contribution in [3.63, 3.8) is 0 Å². The average Bonchev–Trinajstić information content (AvgIpc) is 2.09. The van der Waals surface area contributed by atoms with Crippen LogP contribution in [-0.2, 0) is 9.53 Å². The molecule has 1 N–H and O–H groups in total. The quantitative estimate of drug-likeness (QED) is 0.818. The van der Waals surface area contributed by atoms with Crippen LogP contribution in [0, 0.1) is 0 Å². The van der Waals surface area contributed by atoms with E-state index in [0.717, 1.165) is 0 Å². The van der Waals surface area contributed by atoms with E-state index in [4.69, 9.17) is 4.74 Å². The molecule has 0 aliphatic carbocycles. The Balaban J connectivity index is 2.39. The molecule has 0 aromatic heterocycles. The fourth-order valence-electron chi connectivity index (χ4n) is 1.73. The van der Waals surface area contributed by atoms with Crippen molar-refractivity contribution >= 4 is 12.0 Å². The molecule has 0 saturated carbocycles. The van der Waals surface area contributed by atoms with Crippen molar-refractivity contribution in [3.8, 4) is 0 Å². The Morgan fingerprint density at radius 2 is 1.89 bits per heavy atom. The number of hydrogen-bond donors (Lipinski definition) is 1. The van der Waals surface area contributed by atoms with E-state index in [0.29, 0.717) is 0 Å². The van der Waals surface area contributed by atoms with Gasteiger partial charge in [-0.1, -0.05) is 0 Å². The van der Waals surface area contributed by atoms with Crippen molar-refractivity contribution in [2.75, 3.05) is 13.1 Å². The minimum Gasteiger partial charge on any atom is -0.444 e. The first-order valence-corrected chi connectivity index (χ1v) is 5.97. The molecule has 5 nitrogen and oxygen atoms in total. The van der Waals surface area contributed by atoms with Crippen molar-refractivity contribution in [2.24, 2.45) is 0 Å². The Morgan fingerprint density at radius 3 is 2.28 bits per heavy atom. The zero-order chi connectivity index (χ0) is 14.1. The molecule has 18 heavy (non-hydrogen) atoms. The van der Waals surface area contributed by atoms with Gasteiger partial charge in [0.2, 0.25) is 5.91 Å². The molecule has 0 unspecified atom stereocenters. The van der Waals surface area contributed by atoms with Crippen LogP contribution in [0.5, 0.6) is 0 Å². The van der Waals surface area contributed by atoms with Gasteiger partial charge in [0.05, 0.1) is 13.1 Å². The molecular formula is C12H21FN2O3. The van der Waals surface area contributed by atoms with Crippen LogP contribution in [0.15, 0.2) is 0 Å². The molecule has 0 spiro atoms. The molecule has 0 aromatic rings. The second-order valence-corrected chi connectivity index (χ2v) is 5.98. The lowest BCUT2D eigenvalue weighted by atomic mass is 9.98. The minimum absolute atomic E-state index is 0.0756. The van der Waals surface area contributed by atoms with Crippen LogP contribution in [0.1, 0.15) is 34.6 Å². The summed E-state index contributed by atoms with van der Waals surface area (Å²) in [7, 11) is 0. The molecule has 1 heterocycles. The highest BCUT2D eigenvalue weighted by Gasteiger charge is 2.42. The van der Waals surface area contributed by atoms with Gasteiger partial charge in [-0.25, -0.2) is 9.18 Å². The molecule has 1 saturated heterocycles. The Bertz CT molecular complexity index is 342. The first-order valence-electron chi connectivity index (χ1n) is 5.97. The lowest BCUT2D eigenvalue weighted by Crippen LogP contribution is -2.62. The summed E-state index contributed by atoms with van der Waals surface area (Å²) in [5, 5.41) is 2.44. The Morgan fingerprint density at radius 1 is 1.39 bits per heavy atom. The molecule has 0 aromatic carbocycles. The highest BCUT2D eigenvalue weighted by Crippen LogP contribution is 2.24. The number of alkyl halides is 1. The van der Waals surface area contributed by atoms with Crippen LogP contribution in [0.3, 0.4) is 0 Å². The smallest absolute Gasteiger partial charge is 0.408 e. The van der Waals surface area contributed by atoms with Crippen molar-refractivity contribution in [3.05, 3.63) is 0 Å². The molecule has 0 bridgehead atoms. The van der Waals surface area contributed by atoms with Gasteiger partial charge in [-0.2, -0.15) is 0 Å². The molecular weight excluding hydrogens is 239 g/mol. The van der Waals surface area contributed by atoms with Crippen LogP contribution >= 0.6 is 0 Å². The largest absolute Gasteiger partial charge is 0.444 e. The van der Waals surface area contributed by atoms with E-state index in [-0.39, 0.29) is 19.0 Å². The number of rotatable bonds is 2. The number of halogens is 1. The molecule has 1 rings (SSSR count). The number of likely N-dealkylation sites (tertiary alicyclic amines) is 1. The first kappa shape index (κ1) is 14.7. The summed E-state index contributed by atoms with van der Waals surface area (Å²) in [4.78, 5) is 24.6. The zero-order valence-electron chi connectivity index (χ0n) is 11.5. The third-order valence-corrected chi connectivity index (χ3v) is 2.46. The van der Waals surface area contributed by atoms with Crippen molar-refractivity contribution in [2.45, 2.75) is 51.9 Å². The van der Waals surface area contributed by atoms with Gasteiger partial charge < -0.3 is 15.0 Å². The van der Waals surface area contributed by atoms with E-state index < -0.39 is 23.4 Å². The van der Waals surface area contributed by atoms with Gasteiger partial charge in [0.1, 0.15) is 17.3 Å². The van der Waals surface area contributed by atoms with E-state index in [2.05, 4.69) is 5.32 Å². The van der Waals surface area contributed by atoms with E-state index in [1.54, 1.807) is 27.7 Å². The second kappa shape index (κ2) is 4.74. The van der Waals surface area contributed by atoms with Gasteiger partial charge in [0.25, 0.3) is 0 Å². The number of amides is 2. The van der Waals surface area contributed by atoms with Gasteiger partial charge >= 0.3 is 6.09 Å². The molecule has 1 aliphatic rings. The van der Waals surface area contributed by atoms with Gasteiger partial charge in [0, 0.05) is 0 Å². The highest BCUT2D eigenvalue weighted by molar-refractivity contribution is 5.86. The number of hydrogen-bond acceptors (Lipinski definition) is 3. The number of carbonyl (C=O) groups excluding carboxylic acids is 2. The van der Waals surface area contributed by atoms with E-state index in [1.807, 2.05) is 0 Å². The Labute approximate surface area is 107 Å². The number of alkyl carbamates (subject to hydrolysis) is 1. The third kappa shape index (κ3) is 4.16. The molecule has 1 atom stereocenters. The van der Waals surface area contributed by atoms with Gasteiger partial charge in [-0.05, 0) is 34.6 Å². The average molecular weight is 260 g/mol. The van der Waals surface area contributed by atoms with Crippen molar-refractivity contribution in [1.29, 1.82) is 0 Å². The standard InChI is InChI=1S/C12H21FN2O3/c1-8(14-10(17)18-11(2,3)4)9(16)15-6-12(5,13)7-15/h8H,6-7H2,1-5H3,(H,14,17)/t8-/m0/s1. The summed E-state index contributed by atoms with van der Waals surface area (Å²) < 4.78 is 18.3. The van der Waals surface area contributed by atoms with Crippen molar-refractivity contribution < 1.29 is 18.7 Å². The molecule has 1 aliphatic heterocycles. The fourth-order valence-corrected chi connectivity index (χ4v) is 1.73. The lowest BCUT2D eigenvalue weighted by Gasteiger charge is -2.43. The van der Waals surface area contributed by atoms with Crippen LogP contribution in [0.4, 0.5) is 9.18 Å². The summed E-state index contributed by atoms with van der Waals surface area (Å²) >= 11 is 0. The molecule has 6 heteroatoms. The number of nitrogens with zero attached hydrogens (tertiary/aromatic N) is 1. The summed E-state index contributed by atoms with van der Waals surface area (Å²) in [6, 6.07) is -0.712. The summed E-state index contributed by atoms with van der Waals surface area (Å²) in [5.74, 6) is -0.295. The highest BCUT2D eigenvalue weighted by atomic mass is 19.1. The third-order valence-electron chi connectivity index (χ3n) is 2.46. The fraction of sp³-hybridized carbons (Fsp3) is 0.833. The molecule has 2 amide bonds. The number of nitrogens with one attached hydrogen (secondary N) is 1.